The van der Waals surface area contributed by atoms with E-state index in [0.717, 1.165) is 0 Å². The van der Waals surface area contributed by atoms with Crippen molar-refractivity contribution in [2.75, 3.05) is 5.32 Å². The van der Waals surface area contributed by atoms with E-state index >= 15 is 0 Å². The van der Waals surface area contributed by atoms with Crippen LogP contribution in [-0.4, -0.2) is 16.1 Å². The van der Waals surface area contributed by atoms with Gasteiger partial charge in [-0.1, -0.05) is 11.6 Å². The quantitative estimate of drug-likeness (QED) is 0.563. The first-order valence-electron chi connectivity index (χ1n) is 7.83. The van der Waals surface area contributed by atoms with Crippen LogP contribution in [0.15, 0.2) is 59.0 Å². The summed E-state index contributed by atoms with van der Waals surface area (Å²) in [6, 6.07) is 13.6. The van der Waals surface area contributed by atoms with Crippen LogP contribution in [0.4, 0.5) is 10.1 Å². The Morgan fingerprint density at radius 3 is 2.56 bits per heavy atom. The average Bonchev–Trinajstić information content (AvgIpc) is 3.13. The largest absolute Gasteiger partial charge is 0.459 e. The standard InChI is InChI=1S/C19H14ClFN2O3S/c20-15-7-3-12(17-8-6-14(10-24)26-17)9-16(15)22-19(27)23-18(25)11-1-4-13(21)5-2-11/h1-9,24H,10H2,(H2,22,23,25,27). The summed E-state index contributed by atoms with van der Waals surface area (Å²) >= 11 is 11.3. The summed E-state index contributed by atoms with van der Waals surface area (Å²) in [5, 5.41) is 14.9. The molecule has 2 aromatic carbocycles. The molecule has 5 nitrogen and oxygen atoms in total. The molecule has 1 heterocycles. The Morgan fingerprint density at radius 1 is 1.15 bits per heavy atom. The molecule has 8 heteroatoms. The zero-order valence-corrected chi connectivity index (χ0v) is 15.4. The molecule has 138 valence electrons. The van der Waals surface area contributed by atoms with E-state index in [1.165, 1.54) is 24.3 Å². The van der Waals surface area contributed by atoms with E-state index in [4.69, 9.17) is 33.3 Å². The summed E-state index contributed by atoms with van der Waals surface area (Å²) in [5.41, 5.74) is 1.46. The lowest BCUT2D eigenvalue weighted by Gasteiger charge is -2.12. The van der Waals surface area contributed by atoms with Gasteiger partial charge in [0, 0.05) is 11.1 Å². The lowest BCUT2D eigenvalue weighted by atomic mass is 10.1. The highest BCUT2D eigenvalue weighted by atomic mass is 35.5. The van der Waals surface area contributed by atoms with Gasteiger partial charge in [-0.2, -0.15) is 0 Å². The number of nitrogens with one attached hydrogen (secondary N) is 2. The number of carbonyl (C=O) groups is 1. The minimum Gasteiger partial charge on any atom is -0.459 e. The number of aliphatic hydroxyl groups is 1. The molecule has 0 fully saturated rings. The van der Waals surface area contributed by atoms with Crippen LogP contribution < -0.4 is 10.6 Å². The van der Waals surface area contributed by atoms with Gasteiger partial charge < -0.3 is 14.8 Å². The van der Waals surface area contributed by atoms with Crippen molar-refractivity contribution in [3.63, 3.8) is 0 Å². The van der Waals surface area contributed by atoms with E-state index in [0.29, 0.717) is 27.8 Å². The highest BCUT2D eigenvalue weighted by molar-refractivity contribution is 7.80. The van der Waals surface area contributed by atoms with E-state index in [1.54, 1.807) is 30.3 Å². The smallest absolute Gasteiger partial charge is 0.257 e. The van der Waals surface area contributed by atoms with Crippen LogP contribution in [0.3, 0.4) is 0 Å². The minimum absolute atomic E-state index is 0.0406. The molecule has 3 N–H and O–H groups in total. The second kappa shape index (κ2) is 8.30. The van der Waals surface area contributed by atoms with E-state index in [-0.39, 0.29) is 17.3 Å². The lowest BCUT2D eigenvalue weighted by Crippen LogP contribution is -2.34. The molecule has 0 atom stereocenters. The Kier molecular flexibility index (Phi) is 5.85. The SMILES string of the molecule is O=C(NC(=S)Nc1cc(-c2ccc(CO)o2)ccc1Cl)c1ccc(F)cc1. The maximum atomic E-state index is 12.9. The number of benzene rings is 2. The third-order valence-electron chi connectivity index (χ3n) is 3.65. The van der Waals surface area contributed by atoms with Crippen molar-refractivity contribution in [2.45, 2.75) is 6.61 Å². The fourth-order valence-corrected chi connectivity index (χ4v) is 2.69. The van der Waals surface area contributed by atoms with Crippen LogP contribution >= 0.6 is 23.8 Å². The fourth-order valence-electron chi connectivity index (χ4n) is 2.32. The first-order chi connectivity index (χ1) is 13.0. The van der Waals surface area contributed by atoms with Crippen LogP contribution in [0.25, 0.3) is 11.3 Å². The Balaban J connectivity index is 1.72. The summed E-state index contributed by atoms with van der Waals surface area (Å²) in [5.74, 6) is 0.0908. The molecular weight excluding hydrogens is 391 g/mol. The Bertz CT molecular complexity index is 989. The molecule has 0 radical (unpaired) electrons. The van der Waals surface area contributed by atoms with E-state index in [1.807, 2.05) is 0 Å². The third kappa shape index (κ3) is 4.71. The number of carbonyl (C=O) groups excluding carboxylic acids is 1. The summed E-state index contributed by atoms with van der Waals surface area (Å²) in [6.45, 7) is -0.196. The first-order valence-corrected chi connectivity index (χ1v) is 8.62. The molecule has 3 rings (SSSR count). The van der Waals surface area contributed by atoms with Crippen molar-refractivity contribution in [2.24, 2.45) is 0 Å². The van der Waals surface area contributed by atoms with Crippen molar-refractivity contribution in [1.29, 1.82) is 0 Å². The average molecular weight is 405 g/mol. The molecule has 1 amide bonds. The van der Waals surface area contributed by atoms with Gasteiger partial charge in [0.1, 0.15) is 23.9 Å². The molecule has 0 spiro atoms. The van der Waals surface area contributed by atoms with Crippen molar-refractivity contribution in [3.05, 3.63) is 76.8 Å². The Labute approximate surface area is 164 Å². The normalized spacial score (nSPS) is 10.5. The van der Waals surface area contributed by atoms with Gasteiger partial charge in [-0.15, -0.1) is 0 Å². The highest BCUT2D eigenvalue weighted by Gasteiger charge is 2.11. The predicted molar refractivity (Wildman–Crippen MR) is 105 cm³/mol. The maximum absolute atomic E-state index is 12.9. The second-order valence-corrected chi connectivity index (χ2v) is 6.35. The Hall–Kier alpha value is -2.74. The molecule has 0 bridgehead atoms. The number of anilines is 1. The van der Waals surface area contributed by atoms with E-state index in [2.05, 4.69) is 10.6 Å². The molecule has 0 saturated carbocycles. The summed E-state index contributed by atoms with van der Waals surface area (Å²) in [7, 11) is 0. The van der Waals surface area contributed by atoms with Crippen molar-refractivity contribution in [1.82, 2.24) is 5.32 Å². The number of halogens is 2. The molecule has 27 heavy (non-hydrogen) atoms. The number of rotatable bonds is 4. The monoisotopic (exact) mass is 404 g/mol. The van der Waals surface area contributed by atoms with Gasteiger partial charge in [-0.25, -0.2) is 4.39 Å². The summed E-state index contributed by atoms with van der Waals surface area (Å²) < 4.78 is 18.4. The minimum atomic E-state index is -0.474. The molecule has 0 aliphatic carbocycles. The molecule has 0 saturated heterocycles. The number of hydrogen-bond donors (Lipinski definition) is 3. The van der Waals surface area contributed by atoms with Gasteiger partial charge in [0.25, 0.3) is 5.91 Å². The topological polar surface area (TPSA) is 74.5 Å². The van der Waals surface area contributed by atoms with Crippen LogP contribution in [0.5, 0.6) is 0 Å². The summed E-state index contributed by atoms with van der Waals surface area (Å²) in [6.07, 6.45) is 0. The zero-order chi connectivity index (χ0) is 19.4. The highest BCUT2D eigenvalue weighted by Crippen LogP contribution is 2.30. The van der Waals surface area contributed by atoms with Gasteiger partial charge >= 0.3 is 0 Å². The van der Waals surface area contributed by atoms with E-state index < -0.39 is 11.7 Å². The van der Waals surface area contributed by atoms with Gasteiger partial charge in [0.05, 0.1) is 10.7 Å². The van der Waals surface area contributed by atoms with Crippen LogP contribution in [0.2, 0.25) is 5.02 Å². The van der Waals surface area contributed by atoms with Gasteiger partial charge in [0.2, 0.25) is 0 Å². The second-order valence-electron chi connectivity index (χ2n) is 5.53. The van der Waals surface area contributed by atoms with Gasteiger partial charge in [-0.3, -0.25) is 10.1 Å². The number of aliphatic hydroxyl groups excluding tert-OH is 1. The number of furan rings is 1. The van der Waals surface area contributed by atoms with Crippen molar-refractivity contribution >= 4 is 40.5 Å². The maximum Gasteiger partial charge on any atom is 0.257 e. The molecule has 0 unspecified atom stereocenters. The first kappa shape index (κ1) is 19.0. The van der Waals surface area contributed by atoms with Gasteiger partial charge in [-0.05, 0) is 66.8 Å². The van der Waals surface area contributed by atoms with Crippen LogP contribution in [0, 0.1) is 5.82 Å². The zero-order valence-electron chi connectivity index (χ0n) is 13.8. The van der Waals surface area contributed by atoms with Crippen molar-refractivity contribution < 1.29 is 18.7 Å². The predicted octanol–water partition coefficient (Wildman–Crippen LogP) is 4.36. The molecule has 0 aliphatic rings. The number of amides is 1. The molecule has 0 aliphatic heterocycles. The third-order valence-corrected chi connectivity index (χ3v) is 4.18. The van der Waals surface area contributed by atoms with Crippen LogP contribution in [-0.2, 0) is 6.61 Å². The Morgan fingerprint density at radius 2 is 1.89 bits per heavy atom. The van der Waals surface area contributed by atoms with E-state index in [9.17, 15) is 9.18 Å². The van der Waals surface area contributed by atoms with Gasteiger partial charge in [0.15, 0.2) is 5.11 Å². The molecule has 3 aromatic rings. The lowest BCUT2D eigenvalue weighted by molar-refractivity contribution is 0.0977. The number of hydrogen-bond acceptors (Lipinski definition) is 4. The molecule has 1 aromatic heterocycles. The fraction of sp³-hybridized carbons (Fsp3) is 0.0526. The number of thiocarbonyl (C=S) groups is 1. The van der Waals surface area contributed by atoms with Crippen LogP contribution in [0.1, 0.15) is 16.1 Å². The van der Waals surface area contributed by atoms with Crippen molar-refractivity contribution in [3.8, 4) is 11.3 Å². The molecular formula is C19H14ClFN2O3S. The summed E-state index contributed by atoms with van der Waals surface area (Å²) in [4.78, 5) is 12.1.